The summed E-state index contributed by atoms with van der Waals surface area (Å²) in [5.74, 6) is 0.757. The molecule has 0 amide bonds. The van der Waals surface area contributed by atoms with Gasteiger partial charge < -0.3 is 10.5 Å². The fraction of sp³-hybridized carbons (Fsp3) is 0.571. The fourth-order valence-corrected chi connectivity index (χ4v) is 2.96. The summed E-state index contributed by atoms with van der Waals surface area (Å²) in [6.45, 7) is 4.38. The third-order valence-electron chi connectivity index (χ3n) is 3.53. The van der Waals surface area contributed by atoms with E-state index in [0.717, 1.165) is 12.8 Å². The number of anilines is 1. The molecule has 2 atom stereocenters. The van der Waals surface area contributed by atoms with E-state index in [-0.39, 0.29) is 11.3 Å². The van der Waals surface area contributed by atoms with Crippen molar-refractivity contribution in [2.24, 2.45) is 11.8 Å². The number of carbonyl (C=O) groups excluding carboxylic acids is 1. The average molecular weight is 283 g/mol. The number of nitrogens with zero attached hydrogens (tertiary/aromatic N) is 1. The van der Waals surface area contributed by atoms with Crippen LogP contribution in [0.15, 0.2) is 12.3 Å². The first-order valence-corrected chi connectivity index (χ1v) is 6.95. The van der Waals surface area contributed by atoms with E-state index in [0.29, 0.717) is 23.1 Å². The third-order valence-corrected chi connectivity index (χ3v) is 3.74. The van der Waals surface area contributed by atoms with Gasteiger partial charge in [0.25, 0.3) is 0 Å². The van der Waals surface area contributed by atoms with Gasteiger partial charge in [0.05, 0.1) is 17.4 Å². The van der Waals surface area contributed by atoms with Crippen molar-refractivity contribution in [2.75, 3.05) is 5.73 Å². The van der Waals surface area contributed by atoms with Gasteiger partial charge in [-0.2, -0.15) is 0 Å². The Morgan fingerprint density at radius 2 is 2.00 bits per heavy atom. The van der Waals surface area contributed by atoms with Crippen molar-refractivity contribution in [3.05, 3.63) is 23.0 Å². The molecule has 1 aliphatic rings. The maximum atomic E-state index is 12.1. The predicted molar refractivity (Wildman–Crippen MR) is 75.0 cm³/mol. The number of nitrogens with two attached hydrogens (primary N) is 1. The molecule has 1 aromatic rings. The van der Waals surface area contributed by atoms with Gasteiger partial charge in [-0.15, -0.1) is 0 Å². The van der Waals surface area contributed by atoms with Gasteiger partial charge in [-0.1, -0.05) is 25.4 Å². The molecule has 0 radical (unpaired) electrons. The molecule has 1 fully saturated rings. The molecule has 1 saturated carbocycles. The summed E-state index contributed by atoms with van der Waals surface area (Å²) in [4.78, 5) is 15.9. The maximum absolute atomic E-state index is 12.1. The number of halogens is 1. The zero-order valence-electron chi connectivity index (χ0n) is 11.2. The van der Waals surface area contributed by atoms with E-state index in [2.05, 4.69) is 18.8 Å². The van der Waals surface area contributed by atoms with E-state index in [1.54, 1.807) is 0 Å². The van der Waals surface area contributed by atoms with Crippen molar-refractivity contribution >= 4 is 23.3 Å². The second-order valence-electron chi connectivity index (χ2n) is 5.54. The lowest BCUT2D eigenvalue weighted by molar-refractivity contribution is 0.00816. The second-order valence-corrected chi connectivity index (χ2v) is 5.93. The molecule has 0 spiro atoms. The first kappa shape index (κ1) is 14.1. The normalized spacial score (nSPS) is 27.0. The van der Waals surface area contributed by atoms with E-state index in [4.69, 9.17) is 22.1 Å². The lowest BCUT2D eigenvalue weighted by Crippen LogP contribution is -2.28. The number of pyridine rings is 1. The Balaban J connectivity index is 2.06. The zero-order valence-corrected chi connectivity index (χ0v) is 12.0. The molecule has 5 heteroatoms. The van der Waals surface area contributed by atoms with E-state index >= 15 is 0 Å². The molecule has 104 valence electrons. The highest BCUT2D eigenvalue weighted by molar-refractivity contribution is 6.29. The number of esters is 1. The van der Waals surface area contributed by atoms with E-state index in [1.807, 2.05) is 0 Å². The Morgan fingerprint density at radius 3 is 2.63 bits per heavy atom. The predicted octanol–water partition coefficient (Wildman–Crippen LogP) is 3.30. The second kappa shape index (κ2) is 5.78. The highest BCUT2D eigenvalue weighted by atomic mass is 35.5. The molecule has 2 unspecified atom stereocenters. The van der Waals surface area contributed by atoms with Crippen LogP contribution in [-0.4, -0.2) is 17.1 Å². The zero-order chi connectivity index (χ0) is 14.0. The minimum atomic E-state index is -0.409. The number of rotatable bonds is 2. The molecule has 4 nitrogen and oxygen atoms in total. The first-order valence-electron chi connectivity index (χ1n) is 6.57. The van der Waals surface area contributed by atoms with Crippen molar-refractivity contribution in [1.29, 1.82) is 0 Å². The fourth-order valence-electron chi connectivity index (χ4n) is 2.80. The summed E-state index contributed by atoms with van der Waals surface area (Å²) in [6.07, 6.45) is 4.36. The minimum absolute atomic E-state index is 0.0300. The molecule has 2 N–H and O–H groups in total. The Morgan fingerprint density at radius 1 is 1.37 bits per heavy atom. The van der Waals surface area contributed by atoms with Crippen LogP contribution in [0.5, 0.6) is 0 Å². The Bertz CT molecular complexity index is 469. The van der Waals surface area contributed by atoms with Gasteiger partial charge in [-0.3, -0.25) is 0 Å². The van der Waals surface area contributed by atoms with Gasteiger partial charge in [-0.25, -0.2) is 9.78 Å². The van der Waals surface area contributed by atoms with E-state index in [1.165, 1.54) is 18.7 Å². The highest BCUT2D eigenvalue weighted by Gasteiger charge is 2.27. The molecule has 0 aliphatic heterocycles. The SMILES string of the molecule is CC1CC(C)CC(OC(=O)c2cc(Cl)ncc2N)C1. The van der Waals surface area contributed by atoms with Crippen LogP contribution in [0, 0.1) is 11.8 Å². The first-order chi connectivity index (χ1) is 8.95. The van der Waals surface area contributed by atoms with Crippen LogP contribution in [0.4, 0.5) is 5.69 Å². The van der Waals surface area contributed by atoms with Gasteiger partial charge in [0.1, 0.15) is 11.3 Å². The van der Waals surface area contributed by atoms with Crippen LogP contribution in [-0.2, 0) is 4.74 Å². The number of carbonyl (C=O) groups is 1. The molecule has 0 saturated heterocycles. The number of aromatic nitrogens is 1. The maximum Gasteiger partial charge on any atom is 0.340 e. The van der Waals surface area contributed by atoms with E-state index < -0.39 is 5.97 Å². The monoisotopic (exact) mass is 282 g/mol. The van der Waals surface area contributed by atoms with Crippen molar-refractivity contribution < 1.29 is 9.53 Å². The van der Waals surface area contributed by atoms with Gasteiger partial charge in [0.2, 0.25) is 0 Å². The quantitative estimate of drug-likeness (QED) is 0.668. The van der Waals surface area contributed by atoms with Crippen LogP contribution in [0.3, 0.4) is 0 Å². The lowest BCUT2D eigenvalue weighted by Gasteiger charge is -2.31. The van der Waals surface area contributed by atoms with Crippen molar-refractivity contribution in [2.45, 2.75) is 39.2 Å². The Labute approximate surface area is 118 Å². The van der Waals surface area contributed by atoms with Crippen molar-refractivity contribution in [3.63, 3.8) is 0 Å². The summed E-state index contributed by atoms with van der Waals surface area (Å²) in [5, 5.41) is 0.242. The molecule has 19 heavy (non-hydrogen) atoms. The molecule has 2 rings (SSSR count). The van der Waals surface area contributed by atoms with Gasteiger partial charge in [0, 0.05) is 0 Å². The van der Waals surface area contributed by atoms with Crippen LogP contribution in [0.25, 0.3) is 0 Å². The molecule has 1 heterocycles. The number of hydrogen-bond acceptors (Lipinski definition) is 4. The highest BCUT2D eigenvalue weighted by Crippen LogP contribution is 2.31. The lowest BCUT2D eigenvalue weighted by atomic mass is 9.82. The summed E-state index contributed by atoms with van der Waals surface area (Å²) < 4.78 is 5.55. The van der Waals surface area contributed by atoms with Gasteiger partial charge in [-0.05, 0) is 37.2 Å². The van der Waals surface area contributed by atoms with Gasteiger partial charge in [0.15, 0.2) is 0 Å². The summed E-state index contributed by atoms with van der Waals surface area (Å²) in [6, 6.07) is 1.45. The number of nitrogen functional groups attached to an aromatic ring is 1. The summed E-state index contributed by atoms with van der Waals surface area (Å²) in [5.41, 5.74) is 6.32. The van der Waals surface area contributed by atoms with Gasteiger partial charge >= 0.3 is 5.97 Å². The average Bonchev–Trinajstić information content (AvgIpc) is 2.30. The molecular weight excluding hydrogens is 264 g/mol. The van der Waals surface area contributed by atoms with Crippen LogP contribution >= 0.6 is 11.6 Å². The van der Waals surface area contributed by atoms with Crippen LogP contribution in [0.2, 0.25) is 5.15 Å². The molecular formula is C14H19ClN2O2. The Hall–Kier alpha value is -1.29. The third kappa shape index (κ3) is 3.60. The molecule has 0 bridgehead atoms. The van der Waals surface area contributed by atoms with Crippen LogP contribution in [0.1, 0.15) is 43.5 Å². The number of hydrogen-bond donors (Lipinski definition) is 1. The minimum Gasteiger partial charge on any atom is -0.459 e. The standard InChI is InChI=1S/C14H19ClN2O2/c1-8-3-9(2)5-10(4-8)19-14(18)11-6-13(15)17-7-12(11)16/h6-10H,3-5,16H2,1-2H3. The summed E-state index contributed by atoms with van der Waals surface area (Å²) >= 11 is 5.78. The number of ether oxygens (including phenoxy) is 1. The molecule has 0 aromatic carbocycles. The van der Waals surface area contributed by atoms with Crippen molar-refractivity contribution in [1.82, 2.24) is 4.98 Å². The van der Waals surface area contributed by atoms with Crippen LogP contribution < -0.4 is 5.73 Å². The smallest absolute Gasteiger partial charge is 0.340 e. The Kier molecular flexibility index (Phi) is 4.30. The largest absolute Gasteiger partial charge is 0.459 e. The molecule has 1 aromatic heterocycles. The summed E-state index contributed by atoms with van der Waals surface area (Å²) in [7, 11) is 0. The molecule has 1 aliphatic carbocycles. The van der Waals surface area contributed by atoms with E-state index in [9.17, 15) is 4.79 Å². The topological polar surface area (TPSA) is 65.2 Å². The van der Waals surface area contributed by atoms with Crippen molar-refractivity contribution in [3.8, 4) is 0 Å².